The number of hydrogen-bond acceptors (Lipinski definition) is 3. The van der Waals surface area contributed by atoms with Crippen molar-refractivity contribution >= 4 is 34.6 Å². The van der Waals surface area contributed by atoms with Gasteiger partial charge in [0.15, 0.2) is 5.11 Å². The molecule has 7 heteroatoms. The number of thiocarbonyl (C=S) groups is 1. The predicted octanol–water partition coefficient (Wildman–Crippen LogP) is 5.95. The van der Waals surface area contributed by atoms with E-state index in [1.54, 1.807) is 0 Å². The van der Waals surface area contributed by atoms with Gasteiger partial charge >= 0.3 is 0 Å². The third-order valence-corrected chi connectivity index (χ3v) is 6.79. The third-order valence-electron chi connectivity index (χ3n) is 6.48. The van der Waals surface area contributed by atoms with Crippen LogP contribution in [0.15, 0.2) is 91.4 Å². The number of pyridine rings is 1. The molecule has 1 fully saturated rings. The van der Waals surface area contributed by atoms with Gasteiger partial charge in [-0.1, -0.05) is 38.1 Å². The first kappa shape index (κ1) is 23.8. The van der Waals surface area contributed by atoms with Crippen LogP contribution in [0.1, 0.15) is 42.8 Å². The average Bonchev–Trinajstić information content (AvgIpc) is 3.51. The van der Waals surface area contributed by atoms with E-state index in [4.69, 9.17) is 12.2 Å². The van der Waals surface area contributed by atoms with Crippen LogP contribution in [0, 0.1) is 12.8 Å². The summed E-state index contributed by atoms with van der Waals surface area (Å²) in [5.74, 6) is -0.0869. The predicted molar refractivity (Wildman–Crippen MR) is 148 cm³/mol. The minimum atomic E-state index is -0.119. The van der Waals surface area contributed by atoms with Crippen molar-refractivity contribution in [3.63, 3.8) is 0 Å². The van der Waals surface area contributed by atoms with Crippen LogP contribution in [0.2, 0.25) is 0 Å². The van der Waals surface area contributed by atoms with E-state index in [0.29, 0.717) is 5.11 Å². The Morgan fingerprint density at radius 3 is 2.50 bits per heavy atom. The van der Waals surface area contributed by atoms with Crippen LogP contribution < -0.4 is 15.5 Å². The number of anilines is 2. The highest BCUT2D eigenvalue weighted by molar-refractivity contribution is 7.80. The second kappa shape index (κ2) is 9.95. The molecule has 2 N–H and O–H groups in total. The van der Waals surface area contributed by atoms with Gasteiger partial charge in [-0.3, -0.25) is 9.78 Å². The number of para-hydroxylation sites is 1. The molecule has 1 aliphatic heterocycles. The summed E-state index contributed by atoms with van der Waals surface area (Å²) in [5.41, 5.74) is 5.89. The van der Waals surface area contributed by atoms with Gasteiger partial charge in [0.05, 0.1) is 17.8 Å². The fourth-order valence-electron chi connectivity index (χ4n) is 4.54. The quantitative estimate of drug-likeness (QED) is 0.324. The summed E-state index contributed by atoms with van der Waals surface area (Å²) in [6, 6.07) is 24.2. The highest BCUT2D eigenvalue weighted by Gasteiger charge is 2.41. The molecular weight excluding hydrogens is 466 g/mol. The van der Waals surface area contributed by atoms with E-state index in [1.165, 1.54) is 0 Å². The summed E-state index contributed by atoms with van der Waals surface area (Å²) in [4.78, 5) is 19.0. The highest BCUT2D eigenvalue weighted by Crippen LogP contribution is 2.42. The van der Waals surface area contributed by atoms with Gasteiger partial charge in [-0.25, -0.2) is 0 Å². The van der Waals surface area contributed by atoms with Gasteiger partial charge in [-0.05, 0) is 78.8 Å². The standard InChI is InChI=1S/C29H29N5OS/c1-19(2)28(35)31-24-13-12-23(17-20(24)3)34-27(26(32-29(34)36)25-11-7-8-15-30-25)21-14-16-33(18-21)22-9-5-4-6-10-22/h4-19,26-27H,1-3H3,(H,31,35)(H,32,36)/t26-,27-/m0/s1. The van der Waals surface area contributed by atoms with Crippen LogP contribution >= 0.6 is 12.2 Å². The number of aryl methyl sites for hydroxylation is 1. The Labute approximate surface area is 217 Å². The summed E-state index contributed by atoms with van der Waals surface area (Å²) in [6.45, 7) is 5.78. The first-order valence-corrected chi connectivity index (χ1v) is 12.5. The van der Waals surface area contributed by atoms with Crippen molar-refractivity contribution in [1.29, 1.82) is 0 Å². The van der Waals surface area contributed by atoms with Gasteiger partial charge in [0.2, 0.25) is 5.91 Å². The van der Waals surface area contributed by atoms with Gasteiger partial charge in [0.1, 0.15) is 0 Å². The molecule has 3 heterocycles. The van der Waals surface area contributed by atoms with Crippen LogP contribution in [0.4, 0.5) is 11.4 Å². The Kier molecular flexibility index (Phi) is 6.57. The zero-order chi connectivity index (χ0) is 25.2. The van der Waals surface area contributed by atoms with Crippen molar-refractivity contribution in [2.24, 2.45) is 5.92 Å². The molecule has 0 unspecified atom stereocenters. The number of amides is 1. The molecule has 1 saturated heterocycles. The van der Waals surface area contributed by atoms with Crippen LogP contribution in [0.5, 0.6) is 0 Å². The number of nitrogens with zero attached hydrogens (tertiary/aromatic N) is 3. The molecule has 1 amide bonds. The summed E-state index contributed by atoms with van der Waals surface area (Å²) in [6.07, 6.45) is 6.05. The van der Waals surface area contributed by atoms with Crippen LogP contribution in [0.25, 0.3) is 5.69 Å². The number of nitrogens with one attached hydrogen (secondary N) is 2. The normalized spacial score (nSPS) is 17.3. The van der Waals surface area contributed by atoms with Gasteiger partial charge in [-0.15, -0.1) is 0 Å². The minimum Gasteiger partial charge on any atom is -0.351 e. The second-order valence-electron chi connectivity index (χ2n) is 9.33. The number of rotatable bonds is 6. The molecule has 4 aromatic rings. The molecular formula is C29H29N5OS. The van der Waals surface area contributed by atoms with Crippen molar-refractivity contribution in [3.8, 4) is 5.69 Å². The SMILES string of the molecule is Cc1cc(N2C(=S)N[C@@H](c3ccccn3)[C@@H]2c2ccn(-c3ccccc3)c2)ccc1NC(=O)C(C)C. The van der Waals surface area contributed by atoms with Crippen LogP contribution in [-0.2, 0) is 4.79 Å². The average molecular weight is 496 g/mol. The molecule has 0 saturated carbocycles. The first-order chi connectivity index (χ1) is 17.4. The topological polar surface area (TPSA) is 62.2 Å². The molecule has 6 nitrogen and oxygen atoms in total. The maximum absolute atomic E-state index is 12.3. The minimum absolute atomic E-state index is 0.000413. The van der Waals surface area contributed by atoms with E-state index in [-0.39, 0.29) is 23.9 Å². The van der Waals surface area contributed by atoms with Crippen molar-refractivity contribution in [3.05, 3.63) is 108 Å². The molecule has 2 atom stereocenters. The Balaban J connectivity index is 1.54. The number of aromatic nitrogens is 2. The first-order valence-electron chi connectivity index (χ1n) is 12.1. The summed E-state index contributed by atoms with van der Waals surface area (Å²) >= 11 is 5.87. The zero-order valence-corrected chi connectivity index (χ0v) is 21.4. The van der Waals surface area contributed by atoms with Crippen LogP contribution in [0.3, 0.4) is 0 Å². The maximum Gasteiger partial charge on any atom is 0.226 e. The van der Waals surface area contributed by atoms with Crippen LogP contribution in [-0.4, -0.2) is 20.6 Å². The molecule has 5 rings (SSSR count). The van der Waals surface area contributed by atoms with E-state index < -0.39 is 0 Å². The number of benzene rings is 2. The van der Waals surface area contributed by atoms with Gasteiger partial charge in [0.25, 0.3) is 0 Å². The molecule has 0 bridgehead atoms. The maximum atomic E-state index is 12.3. The Bertz CT molecular complexity index is 1380. The molecule has 36 heavy (non-hydrogen) atoms. The van der Waals surface area contributed by atoms with Crippen molar-refractivity contribution in [2.45, 2.75) is 32.9 Å². The molecule has 2 aromatic heterocycles. The lowest BCUT2D eigenvalue weighted by Gasteiger charge is -2.28. The molecule has 1 aliphatic rings. The smallest absolute Gasteiger partial charge is 0.226 e. The lowest BCUT2D eigenvalue weighted by atomic mass is 9.98. The van der Waals surface area contributed by atoms with Gasteiger partial charge in [0, 0.05) is 41.6 Å². The van der Waals surface area contributed by atoms with Crippen molar-refractivity contribution in [1.82, 2.24) is 14.9 Å². The Morgan fingerprint density at radius 1 is 1.03 bits per heavy atom. The fourth-order valence-corrected chi connectivity index (χ4v) is 4.88. The summed E-state index contributed by atoms with van der Waals surface area (Å²) in [5, 5.41) is 7.17. The van der Waals surface area contributed by atoms with Gasteiger partial charge < -0.3 is 20.1 Å². The molecule has 0 aliphatic carbocycles. The largest absolute Gasteiger partial charge is 0.351 e. The monoisotopic (exact) mass is 495 g/mol. The molecule has 0 spiro atoms. The fraction of sp³-hybridized carbons (Fsp3) is 0.207. The number of hydrogen-bond donors (Lipinski definition) is 2. The van der Waals surface area contributed by atoms with E-state index in [9.17, 15) is 4.79 Å². The van der Waals surface area contributed by atoms with Gasteiger partial charge in [-0.2, -0.15) is 0 Å². The lowest BCUT2D eigenvalue weighted by Crippen LogP contribution is -2.29. The lowest BCUT2D eigenvalue weighted by molar-refractivity contribution is -0.118. The molecule has 0 radical (unpaired) electrons. The van der Waals surface area contributed by atoms with E-state index in [1.807, 2.05) is 75.5 Å². The number of carbonyl (C=O) groups excluding carboxylic acids is 1. The summed E-state index contributed by atoms with van der Waals surface area (Å²) in [7, 11) is 0. The van der Waals surface area contributed by atoms with E-state index in [2.05, 4.69) is 61.7 Å². The second-order valence-corrected chi connectivity index (χ2v) is 9.71. The Morgan fingerprint density at radius 2 is 1.81 bits per heavy atom. The van der Waals surface area contributed by atoms with E-state index >= 15 is 0 Å². The molecule has 2 aromatic carbocycles. The zero-order valence-electron chi connectivity index (χ0n) is 20.6. The Hall–Kier alpha value is -3.97. The third kappa shape index (κ3) is 4.62. The molecule has 182 valence electrons. The number of carbonyl (C=O) groups is 1. The highest BCUT2D eigenvalue weighted by atomic mass is 32.1. The summed E-state index contributed by atoms with van der Waals surface area (Å²) < 4.78 is 2.13. The van der Waals surface area contributed by atoms with Crippen molar-refractivity contribution in [2.75, 3.05) is 10.2 Å². The van der Waals surface area contributed by atoms with E-state index in [0.717, 1.165) is 33.9 Å². The van der Waals surface area contributed by atoms with Crippen molar-refractivity contribution < 1.29 is 4.79 Å².